The van der Waals surface area contributed by atoms with Gasteiger partial charge in [0.2, 0.25) is 0 Å². The lowest BCUT2D eigenvalue weighted by Crippen LogP contribution is -2.58. The highest BCUT2D eigenvalue weighted by Crippen LogP contribution is 2.26. The molecule has 25 heavy (non-hydrogen) atoms. The Balaban J connectivity index is 1.66. The van der Waals surface area contributed by atoms with Crippen LogP contribution in [0.2, 0.25) is 0 Å². The first-order valence-corrected chi connectivity index (χ1v) is 8.36. The highest BCUT2D eigenvalue weighted by molar-refractivity contribution is 5.14. The van der Waals surface area contributed by atoms with E-state index in [0.717, 1.165) is 11.1 Å². The molecular formula is C20H24O5. The fraction of sp³-hybridized carbons (Fsp3) is 0.400. The van der Waals surface area contributed by atoms with E-state index in [9.17, 15) is 10.2 Å². The highest BCUT2D eigenvalue weighted by Gasteiger charge is 2.44. The van der Waals surface area contributed by atoms with E-state index in [2.05, 4.69) is 0 Å². The summed E-state index contributed by atoms with van der Waals surface area (Å²) in [5.74, 6) is 0. The number of hydrogen-bond donors (Lipinski definition) is 2. The molecule has 1 saturated heterocycles. The standard InChI is InChI=1S/C20H24O5/c1-14-18(23-12-15-8-4-2-5-9-15)17(21)19(20(22)25-14)24-13-16-10-6-3-7-11-16/h2-11,14,17-22H,12-13H2,1H3/t14-,17+,18-,19+,20-/m0/s1/i20D. The lowest BCUT2D eigenvalue weighted by molar-refractivity contribution is -0.298. The Hall–Kier alpha value is -1.76. The molecule has 0 radical (unpaired) electrons. The summed E-state index contributed by atoms with van der Waals surface area (Å²) in [6.07, 6.45) is -6.18. The van der Waals surface area contributed by atoms with Crippen LogP contribution >= 0.6 is 0 Å². The maximum absolute atomic E-state index is 10.7. The van der Waals surface area contributed by atoms with Gasteiger partial charge in [-0.05, 0) is 18.1 Å². The smallest absolute Gasteiger partial charge is 0.184 e. The first-order valence-electron chi connectivity index (χ1n) is 8.86. The molecule has 2 aromatic carbocycles. The summed E-state index contributed by atoms with van der Waals surface area (Å²) in [6, 6.07) is 18.9. The SMILES string of the molecule is [2H][C@]1(O)O[C@@H](C)[C@H](OCc2ccccc2)[C@@H](O)[C@H]1OCc1ccccc1. The third-order valence-corrected chi connectivity index (χ3v) is 4.22. The van der Waals surface area contributed by atoms with Gasteiger partial charge in [0.25, 0.3) is 0 Å². The van der Waals surface area contributed by atoms with Crippen LogP contribution in [0.5, 0.6) is 0 Å². The van der Waals surface area contributed by atoms with Crippen molar-refractivity contribution < 1.29 is 25.8 Å². The molecule has 3 rings (SSSR count). The summed E-state index contributed by atoms with van der Waals surface area (Å²) >= 11 is 0. The van der Waals surface area contributed by atoms with E-state index in [1.165, 1.54) is 0 Å². The average molecular weight is 345 g/mol. The Kier molecular flexibility index (Phi) is 5.71. The van der Waals surface area contributed by atoms with Crippen molar-refractivity contribution in [3.63, 3.8) is 0 Å². The van der Waals surface area contributed by atoms with E-state index in [0.29, 0.717) is 0 Å². The highest BCUT2D eigenvalue weighted by atomic mass is 16.7. The Labute approximate surface area is 149 Å². The van der Waals surface area contributed by atoms with Crippen LogP contribution in [0.3, 0.4) is 0 Å². The minimum atomic E-state index is -2.35. The lowest BCUT2D eigenvalue weighted by Gasteiger charge is -2.41. The molecular weight excluding hydrogens is 320 g/mol. The summed E-state index contributed by atoms with van der Waals surface area (Å²) in [7, 11) is 0. The number of aliphatic hydroxyl groups is 2. The van der Waals surface area contributed by atoms with E-state index in [4.69, 9.17) is 15.6 Å². The quantitative estimate of drug-likeness (QED) is 0.840. The van der Waals surface area contributed by atoms with E-state index >= 15 is 0 Å². The second-order valence-corrected chi connectivity index (χ2v) is 6.13. The summed E-state index contributed by atoms with van der Waals surface area (Å²) < 4.78 is 24.8. The van der Waals surface area contributed by atoms with Gasteiger partial charge >= 0.3 is 0 Å². The zero-order valence-corrected chi connectivity index (χ0v) is 14.1. The monoisotopic (exact) mass is 345 g/mol. The van der Waals surface area contributed by atoms with Gasteiger partial charge in [-0.2, -0.15) is 0 Å². The zero-order chi connectivity index (χ0) is 18.6. The van der Waals surface area contributed by atoms with Crippen molar-refractivity contribution in [2.45, 2.75) is 50.8 Å². The number of aliphatic hydroxyl groups excluding tert-OH is 1. The first-order chi connectivity index (χ1) is 12.5. The van der Waals surface area contributed by atoms with Crippen LogP contribution in [0, 0.1) is 0 Å². The summed E-state index contributed by atoms with van der Waals surface area (Å²) in [5, 5.41) is 20.9. The van der Waals surface area contributed by atoms with E-state index < -0.39 is 30.7 Å². The molecule has 0 aliphatic carbocycles. The minimum absolute atomic E-state index is 0.146. The largest absolute Gasteiger partial charge is 0.387 e. The van der Waals surface area contributed by atoms with Gasteiger partial charge in [0.15, 0.2) is 6.27 Å². The molecule has 5 heteroatoms. The molecule has 0 bridgehead atoms. The van der Waals surface area contributed by atoms with Gasteiger partial charge in [-0.3, -0.25) is 0 Å². The zero-order valence-electron chi connectivity index (χ0n) is 15.1. The van der Waals surface area contributed by atoms with Crippen molar-refractivity contribution in [2.75, 3.05) is 0 Å². The van der Waals surface area contributed by atoms with Gasteiger partial charge in [-0.25, -0.2) is 0 Å². The Bertz CT molecular complexity index is 679. The van der Waals surface area contributed by atoms with Crippen LogP contribution in [-0.4, -0.2) is 40.9 Å². The fourth-order valence-electron chi connectivity index (χ4n) is 2.85. The Morgan fingerprint density at radius 3 is 1.88 bits per heavy atom. The fourth-order valence-corrected chi connectivity index (χ4v) is 2.85. The Morgan fingerprint density at radius 2 is 1.36 bits per heavy atom. The van der Waals surface area contributed by atoms with Crippen molar-refractivity contribution in [3.8, 4) is 0 Å². The lowest BCUT2D eigenvalue weighted by atomic mass is 9.99. The van der Waals surface area contributed by atoms with Crippen LogP contribution in [0.25, 0.3) is 0 Å². The van der Waals surface area contributed by atoms with Gasteiger partial charge in [0, 0.05) is 0 Å². The molecule has 0 saturated carbocycles. The second-order valence-electron chi connectivity index (χ2n) is 6.13. The second kappa shape index (κ2) is 8.56. The van der Waals surface area contributed by atoms with Crippen molar-refractivity contribution >= 4 is 0 Å². The molecule has 1 aliphatic rings. The molecule has 5 nitrogen and oxygen atoms in total. The maximum atomic E-state index is 10.7. The molecule has 134 valence electrons. The molecule has 0 amide bonds. The maximum Gasteiger partial charge on any atom is 0.184 e. The summed E-state index contributed by atoms with van der Waals surface area (Å²) in [5.41, 5.74) is 1.83. The number of ether oxygens (including phenoxy) is 3. The third-order valence-electron chi connectivity index (χ3n) is 4.22. The molecule has 1 aliphatic heterocycles. The van der Waals surface area contributed by atoms with Crippen LogP contribution < -0.4 is 0 Å². The summed E-state index contributed by atoms with van der Waals surface area (Å²) in [6.45, 7) is 2.09. The van der Waals surface area contributed by atoms with Crippen molar-refractivity contribution in [3.05, 3.63) is 71.8 Å². The van der Waals surface area contributed by atoms with Gasteiger partial charge in [-0.1, -0.05) is 60.7 Å². The molecule has 0 spiro atoms. The average Bonchev–Trinajstić information content (AvgIpc) is 2.62. The number of hydrogen-bond acceptors (Lipinski definition) is 5. The molecule has 0 aromatic heterocycles. The predicted octanol–water partition coefficient (Wildman–Crippen LogP) is 2.26. The molecule has 2 aromatic rings. The van der Waals surface area contributed by atoms with Crippen LogP contribution in [0.4, 0.5) is 0 Å². The molecule has 1 heterocycles. The molecule has 2 N–H and O–H groups in total. The van der Waals surface area contributed by atoms with Crippen molar-refractivity contribution in [1.29, 1.82) is 0 Å². The third kappa shape index (κ3) is 4.66. The van der Waals surface area contributed by atoms with Crippen LogP contribution in [-0.2, 0) is 27.4 Å². The van der Waals surface area contributed by atoms with Gasteiger partial charge in [0.1, 0.15) is 18.3 Å². The van der Waals surface area contributed by atoms with Crippen molar-refractivity contribution in [1.82, 2.24) is 0 Å². The number of benzene rings is 2. The van der Waals surface area contributed by atoms with E-state index in [-0.39, 0.29) is 13.2 Å². The number of rotatable bonds is 6. The van der Waals surface area contributed by atoms with Gasteiger partial charge in [0.05, 0.1) is 20.7 Å². The van der Waals surface area contributed by atoms with Crippen molar-refractivity contribution in [2.24, 2.45) is 0 Å². The summed E-state index contributed by atoms with van der Waals surface area (Å²) in [4.78, 5) is 0. The predicted molar refractivity (Wildman–Crippen MR) is 92.6 cm³/mol. The van der Waals surface area contributed by atoms with E-state index in [1.54, 1.807) is 6.92 Å². The molecule has 0 unspecified atom stereocenters. The normalized spacial score (nSPS) is 33.0. The van der Waals surface area contributed by atoms with E-state index in [1.807, 2.05) is 60.7 Å². The molecule has 5 atom stereocenters. The molecule has 1 fully saturated rings. The van der Waals surface area contributed by atoms with Gasteiger partial charge in [-0.15, -0.1) is 0 Å². The first kappa shape index (κ1) is 16.7. The van der Waals surface area contributed by atoms with Crippen LogP contribution in [0.15, 0.2) is 60.7 Å². The van der Waals surface area contributed by atoms with Gasteiger partial charge < -0.3 is 24.4 Å². The topological polar surface area (TPSA) is 68.2 Å². The van der Waals surface area contributed by atoms with Crippen LogP contribution in [0.1, 0.15) is 19.4 Å². The minimum Gasteiger partial charge on any atom is -0.387 e. The Morgan fingerprint density at radius 1 is 0.880 bits per heavy atom.